The molecule has 0 spiro atoms. The fourth-order valence-electron chi connectivity index (χ4n) is 3.22. The first-order valence-electron chi connectivity index (χ1n) is 8.59. The number of anilines is 1. The first-order chi connectivity index (χ1) is 12.1. The van der Waals surface area contributed by atoms with Crippen molar-refractivity contribution in [1.29, 1.82) is 0 Å². The number of nitrogens with one attached hydrogen (secondary N) is 1. The summed E-state index contributed by atoms with van der Waals surface area (Å²) in [5.41, 5.74) is 3.96. The molecule has 1 amide bonds. The highest BCUT2D eigenvalue weighted by Crippen LogP contribution is 2.29. The second-order valence-corrected chi connectivity index (χ2v) is 6.49. The molecule has 1 N–H and O–H groups in total. The van der Waals surface area contributed by atoms with Crippen molar-refractivity contribution in [3.8, 4) is 11.3 Å². The smallest absolute Gasteiger partial charge is 0.276 e. The van der Waals surface area contributed by atoms with Crippen molar-refractivity contribution in [3.05, 3.63) is 53.7 Å². The number of aryl methyl sites for hydroxylation is 4. The number of amides is 1. The maximum absolute atomic E-state index is 12.5. The zero-order valence-corrected chi connectivity index (χ0v) is 14.5. The average Bonchev–Trinajstić information content (AvgIpc) is 3.19. The van der Waals surface area contributed by atoms with Gasteiger partial charge in [0.25, 0.3) is 5.91 Å². The lowest BCUT2D eigenvalue weighted by Gasteiger charge is -2.11. The van der Waals surface area contributed by atoms with Gasteiger partial charge in [-0.25, -0.2) is 4.98 Å². The summed E-state index contributed by atoms with van der Waals surface area (Å²) in [4.78, 5) is 17.3. The van der Waals surface area contributed by atoms with E-state index in [1.54, 1.807) is 10.7 Å². The van der Waals surface area contributed by atoms with Gasteiger partial charge in [0, 0.05) is 37.5 Å². The van der Waals surface area contributed by atoms with Gasteiger partial charge in [-0.15, -0.1) is 0 Å². The molecule has 3 heterocycles. The fraction of sp³-hybridized carbons (Fsp3) is 0.316. The molecule has 0 unspecified atom stereocenters. The topological polar surface area (TPSA) is 64.7 Å². The van der Waals surface area contributed by atoms with E-state index >= 15 is 0 Å². The van der Waals surface area contributed by atoms with Crippen molar-refractivity contribution < 1.29 is 4.79 Å². The van der Waals surface area contributed by atoms with Gasteiger partial charge in [0.05, 0.1) is 11.4 Å². The van der Waals surface area contributed by atoms with Crippen LogP contribution >= 0.6 is 0 Å². The van der Waals surface area contributed by atoms with Gasteiger partial charge < -0.3 is 9.88 Å². The number of carbonyl (C=O) groups is 1. The minimum absolute atomic E-state index is 0.208. The van der Waals surface area contributed by atoms with Crippen molar-refractivity contribution >= 4 is 11.6 Å². The highest BCUT2D eigenvalue weighted by molar-refractivity contribution is 6.05. The molecule has 1 aliphatic rings. The lowest BCUT2D eigenvalue weighted by Crippen LogP contribution is -2.13. The maximum Gasteiger partial charge on any atom is 0.276 e. The van der Waals surface area contributed by atoms with Crippen molar-refractivity contribution in [1.82, 2.24) is 19.3 Å². The van der Waals surface area contributed by atoms with Crippen molar-refractivity contribution in [2.24, 2.45) is 7.05 Å². The summed E-state index contributed by atoms with van der Waals surface area (Å²) in [5, 5.41) is 7.23. The number of aromatic nitrogens is 4. The van der Waals surface area contributed by atoms with Crippen molar-refractivity contribution in [2.45, 2.75) is 32.7 Å². The summed E-state index contributed by atoms with van der Waals surface area (Å²) < 4.78 is 3.92. The summed E-state index contributed by atoms with van der Waals surface area (Å²) in [5.74, 6) is 0.919. The Hall–Kier alpha value is -2.89. The van der Waals surface area contributed by atoms with Crippen LogP contribution in [-0.4, -0.2) is 25.2 Å². The van der Waals surface area contributed by atoms with Crippen LogP contribution in [0.25, 0.3) is 11.3 Å². The van der Waals surface area contributed by atoms with Gasteiger partial charge in [-0.1, -0.05) is 18.2 Å². The third kappa shape index (κ3) is 2.95. The van der Waals surface area contributed by atoms with Gasteiger partial charge in [0.2, 0.25) is 0 Å². The second kappa shape index (κ2) is 6.20. The molecular formula is C19H21N5O. The SMILES string of the molecule is Cc1cc(C(=O)Nc2ccccc2-c2cn3c(n2)CCCC3)nn1C. The van der Waals surface area contributed by atoms with Crippen LogP contribution in [0.5, 0.6) is 0 Å². The standard InChI is InChI=1S/C19H21N5O/c1-13-11-16(22-23(13)2)19(25)21-15-8-4-3-7-14(15)17-12-24-10-6-5-9-18(24)20-17/h3-4,7-8,11-12H,5-6,9-10H2,1-2H3,(H,21,25). The molecule has 0 radical (unpaired) electrons. The number of hydrogen-bond donors (Lipinski definition) is 1. The Bertz CT molecular complexity index is 894. The molecule has 0 fully saturated rings. The predicted octanol–water partition coefficient (Wildman–Crippen LogP) is 3.18. The predicted molar refractivity (Wildman–Crippen MR) is 96.5 cm³/mol. The lowest BCUT2D eigenvalue weighted by molar-refractivity contribution is 0.102. The van der Waals surface area contributed by atoms with Crippen LogP contribution < -0.4 is 5.32 Å². The van der Waals surface area contributed by atoms with Crippen LogP contribution in [0.15, 0.2) is 36.5 Å². The molecule has 1 aliphatic heterocycles. The number of nitrogens with zero attached hydrogens (tertiary/aromatic N) is 4. The molecule has 128 valence electrons. The molecule has 6 nitrogen and oxygen atoms in total. The van der Waals surface area contributed by atoms with Crippen LogP contribution in [0, 0.1) is 6.92 Å². The number of imidazole rings is 1. The molecule has 3 aromatic rings. The first kappa shape index (κ1) is 15.6. The van der Waals surface area contributed by atoms with Gasteiger partial charge in [0.1, 0.15) is 5.82 Å². The molecule has 4 rings (SSSR count). The zero-order chi connectivity index (χ0) is 17.4. The number of rotatable bonds is 3. The van der Waals surface area contributed by atoms with Gasteiger partial charge in [-0.3, -0.25) is 9.48 Å². The van der Waals surface area contributed by atoms with E-state index in [0.717, 1.165) is 41.4 Å². The fourth-order valence-corrected chi connectivity index (χ4v) is 3.22. The highest BCUT2D eigenvalue weighted by atomic mass is 16.1. The van der Waals surface area contributed by atoms with E-state index in [2.05, 4.69) is 21.2 Å². The first-order valence-corrected chi connectivity index (χ1v) is 8.59. The van der Waals surface area contributed by atoms with E-state index in [1.807, 2.05) is 38.2 Å². The van der Waals surface area contributed by atoms with E-state index in [4.69, 9.17) is 4.98 Å². The molecule has 1 aromatic carbocycles. The molecule has 0 aliphatic carbocycles. The summed E-state index contributed by atoms with van der Waals surface area (Å²) >= 11 is 0. The Morgan fingerprint density at radius 2 is 2.08 bits per heavy atom. The van der Waals surface area contributed by atoms with Gasteiger partial charge in [0.15, 0.2) is 5.69 Å². The summed E-state index contributed by atoms with van der Waals surface area (Å²) in [6.45, 7) is 2.94. The van der Waals surface area contributed by atoms with E-state index in [9.17, 15) is 4.79 Å². The van der Waals surface area contributed by atoms with E-state index < -0.39 is 0 Å². The molecule has 0 atom stereocenters. The van der Waals surface area contributed by atoms with Crippen LogP contribution in [0.1, 0.15) is 34.8 Å². The molecule has 25 heavy (non-hydrogen) atoms. The Morgan fingerprint density at radius 3 is 2.84 bits per heavy atom. The Kier molecular flexibility index (Phi) is 3.87. The van der Waals surface area contributed by atoms with Crippen molar-refractivity contribution in [3.63, 3.8) is 0 Å². The number of benzene rings is 1. The van der Waals surface area contributed by atoms with Gasteiger partial charge >= 0.3 is 0 Å². The third-order valence-electron chi connectivity index (χ3n) is 4.71. The molecule has 2 aromatic heterocycles. The number of fused-ring (bicyclic) bond motifs is 1. The highest BCUT2D eigenvalue weighted by Gasteiger charge is 2.17. The molecular weight excluding hydrogens is 314 g/mol. The zero-order valence-electron chi connectivity index (χ0n) is 14.5. The van der Waals surface area contributed by atoms with Crippen LogP contribution in [0.4, 0.5) is 5.69 Å². The number of para-hydroxylation sites is 1. The second-order valence-electron chi connectivity index (χ2n) is 6.49. The number of carbonyl (C=O) groups excluding carboxylic acids is 1. The van der Waals surface area contributed by atoms with Crippen LogP contribution in [0.2, 0.25) is 0 Å². The average molecular weight is 335 g/mol. The molecule has 0 saturated carbocycles. The Balaban J connectivity index is 1.65. The molecule has 0 saturated heterocycles. The Labute approximate surface area is 146 Å². The van der Waals surface area contributed by atoms with Crippen LogP contribution in [0.3, 0.4) is 0 Å². The minimum atomic E-state index is -0.208. The Morgan fingerprint density at radius 1 is 1.24 bits per heavy atom. The maximum atomic E-state index is 12.5. The number of hydrogen-bond acceptors (Lipinski definition) is 3. The summed E-state index contributed by atoms with van der Waals surface area (Å²) in [6, 6.07) is 9.56. The largest absolute Gasteiger partial charge is 0.334 e. The van der Waals surface area contributed by atoms with Gasteiger partial charge in [-0.05, 0) is 31.9 Å². The van der Waals surface area contributed by atoms with Crippen molar-refractivity contribution in [2.75, 3.05) is 5.32 Å². The van der Waals surface area contributed by atoms with Crippen LogP contribution in [-0.2, 0) is 20.0 Å². The summed E-state index contributed by atoms with van der Waals surface area (Å²) in [6.07, 6.45) is 5.49. The lowest BCUT2D eigenvalue weighted by atomic mass is 10.1. The van der Waals surface area contributed by atoms with E-state index in [0.29, 0.717) is 5.69 Å². The monoisotopic (exact) mass is 335 g/mol. The summed E-state index contributed by atoms with van der Waals surface area (Å²) in [7, 11) is 1.83. The molecule has 6 heteroatoms. The minimum Gasteiger partial charge on any atom is -0.334 e. The van der Waals surface area contributed by atoms with E-state index in [-0.39, 0.29) is 5.91 Å². The van der Waals surface area contributed by atoms with Gasteiger partial charge in [-0.2, -0.15) is 5.10 Å². The normalized spacial score (nSPS) is 13.5. The quantitative estimate of drug-likeness (QED) is 0.799. The van der Waals surface area contributed by atoms with E-state index in [1.165, 1.54) is 12.8 Å². The molecule has 0 bridgehead atoms. The third-order valence-corrected chi connectivity index (χ3v) is 4.71.